The quantitative estimate of drug-likeness (QED) is 0.857. The Morgan fingerprint density at radius 1 is 1.21 bits per heavy atom. The first-order valence-electron chi connectivity index (χ1n) is 6.34. The Balaban J connectivity index is 1.96. The van der Waals surface area contributed by atoms with Gasteiger partial charge in [0.05, 0.1) is 11.4 Å². The molecular formula is C15H18N2S2. The highest BCUT2D eigenvalue weighted by molar-refractivity contribution is 7.12. The molecule has 0 fully saturated rings. The molecule has 2 aromatic heterocycles. The van der Waals surface area contributed by atoms with Crippen molar-refractivity contribution in [2.45, 2.75) is 20.0 Å². The van der Waals surface area contributed by atoms with Crippen molar-refractivity contribution in [2.75, 3.05) is 13.1 Å². The lowest BCUT2D eigenvalue weighted by Gasteiger charge is -2.18. The Labute approximate surface area is 122 Å². The van der Waals surface area contributed by atoms with Gasteiger partial charge in [-0.2, -0.15) is 0 Å². The van der Waals surface area contributed by atoms with Crippen LogP contribution in [0.5, 0.6) is 0 Å². The van der Waals surface area contributed by atoms with E-state index in [9.17, 15) is 0 Å². The van der Waals surface area contributed by atoms with Crippen molar-refractivity contribution in [3.8, 4) is 11.8 Å². The summed E-state index contributed by atoms with van der Waals surface area (Å²) in [4.78, 5) is 6.33. The summed E-state index contributed by atoms with van der Waals surface area (Å²) in [6.45, 7) is 5.70. The average molecular weight is 290 g/mol. The van der Waals surface area contributed by atoms with Gasteiger partial charge in [-0.3, -0.25) is 4.90 Å². The highest BCUT2D eigenvalue weighted by Crippen LogP contribution is 2.19. The Kier molecular flexibility index (Phi) is 5.62. The summed E-state index contributed by atoms with van der Waals surface area (Å²) < 4.78 is 0. The molecule has 2 aromatic rings. The number of thiophene rings is 2. The fourth-order valence-electron chi connectivity index (χ4n) is 1.79. The van der Waals surface area contributed by atoms with E-state index in [2.05, 4.69) is 53.3 Å². The molecule has 4 heteroatoms. The summed E-state index contributed by atoms with van der Waals surface area (Å²) in [7, 11) is 0. The molecule has 0 saturated heterocycles. The second kappa shape index (κ2) is 7.46. The third-order valence-electron chi connectivity index (χ3n) is 2.76. The number of hydrogen-bond acceptors (Lipinski definition) is 4. The summed E-state index contributed by atoms with van der Waals surface area (Å²) in [5.41, 5.74) is 5.39. The average Bonchev–Trinajstić information content (AvgIpc) is 3.07. The lowest BCUT2D eigenvalue weighted by Crippen LogP contribution is -2.21. The fraction of sp³-hybridized carbons (Fsp3) is 0.333. The number of rotatable bonds is 5. The molecular weight excluding hydrogens is 272 g/mol. The highest BCUT2D eigenvalue weighted by Gasteiger charge is 2.07. The van der Waals surface area contributed by atoms with Crippen LogP contribution in [0.3, 0.4) is 0 Å². The summed E-state index contributed by atoms with van der Waals surface area (Å²) in [6.07, 6.45) is 0. The van der Waals surface area contributed by atoms with Gasteiger partial charge in [-0.25, -0.2) is 0 Å². The molecule has 0 spiro atoms. The van der Waals surface area contributed by atoms with Crippen LogP contribution in [-0.2, 0) is 13.1 Å². The first kappa shape index (κ1) is 14.3. The van der Waals surface area contributed by atoms with E-state index in [0.29, 0.717) is 6.54 Å². The second-order valence-corrected chi connectivity index (χ2v) is 6.36. The van der Waals surface area contributed by atoms with Crippen molar-refractivity contribution in [3.63, 3.8) is 0 Å². The number of nitrogens with two attached hydrogens (primary N) is 1. The largest absolute Gasteiger partial charge is 0.320 e. The lowest BCUT2D eigenvalue weighted by atomic mass is 10.3. The number of hydrogen-bond donors (Lipinski definition) is 1. The maximum absolute atomic E-state index is 5.39. The molecule has 19 heavy (non-hydrogen) atoms. The van der Waals surface area contributed by atoms with Crippen LogP contribution in [0.15, 0.2) is 29.6 Å². The minimum Gasteiger partial charge on any atom is -0.320 e. The third kappa shape index (κ3) is 4.48. The smallest absolute Gasteiger partial charge is 0.0772 e. The van der Waals surface area contributed by atoms with Crippen LogP contribution >= 0.6 is 22.7 Å². The van der Waals surface area contributed by atoms with Crippen LogP contribution in [0.1, 0.15) is 21.6 Å². The molecule has 0 aliphatic rings. The van der Waals surface area contributed by atoms with Gasteiger partial charge in [0.15, 0.2) is 0 Å². The molecule has 0 radical (unpaired) electrons. The second-order valence-electron chi connectivity index (χ2n) is 4.15. The van der Waals surface area contributed by atoms with E-state index in [1.807, 2.05) is 11.3 Å². The molecule has 0 bridgehead atoms. The van der Waals surface area contributed by atoms with Crippen LogP contribution in [0.25, 0.3) is 0 Å². The SMILES string of the molecule is CCN(Cc1cccs1)Cc1ccc(C#CCN)s1. The molecule has 0 aliphatic heterocycles. The van der Waals surface area contributed by atoms with Gasteiger partial charge in [0, 0.05) is 22.8 Å². The minimum atomic E-state index is 0.423. The zero-order valence-corrected chi connectivity index (χ0v) is 12.7. The third-order valence-corrected chi connectivity index (χ3v) is 4.61. The van der Waals surface area contributed by atoms with Crippen LogP contribution < -0.4 is 5.73 Å². The normalized spacial score (nSPS) is 10.5. The Morgan fingerprint density at radius 2 is 2.05 bits per heavy atom. The van der Waals surface area contributed by atoms with Crippen molar-refractivity contribution < 1.29 is 0 Å². The predicted octanol–water partition coefficient (Wildman–Crippen LogP) is 3.14. The van der Waals surface area contributed by atoms with Crippen molar-refractivity contribution in [1.29, 1.82) is 0 Å². The van der Waals surface area contributed by atoms with Gasteiger partial charge in [-0.1, -0.05) is 24.8 Å². The van der Waals surface area contributed by atoms with E-state index >= 15 is 0 Å². The van der Waals surface area contributed by atoms with E-state index < -0.39 is 0 Å². The zero-order valence-electron chi connectivity index (χ0n) is 11.1. The minimum absolute atomic E-state index is 0.423. The number of nitrogens with zero attached hydrogens (tertiary/aromatic N) is 1. The molecule has 0 atom stereocenters. The highest BCUT2D eigenvalue weighted by atomic mass is 32.1. The van der Waals surface area contributed by atoms with Crippen LogP contribution in [0, 0.1) is 11.8 Å². The summed E-state index contributed by atoms with van der Waals surface area (Å²) in [5.74, 6) is 5.99. The maximum atomic E-state index is 5.39. The lowest BCUT2D eigenvalue weighted by molar-refractivity contribution is 0.276. The Hall–Kier alpha value is -1.12. The molecule has 0 unspecified atom stereocenters. The predicted molar refractivity (Wildman–Crippen MR) is 84.4 cm³/mol. The van der Waals surface area contributed by atoms with E-state index in [1.165, 1.54) is 9.75 Å². The molecule has 0 saturated carbocycles. The van der Waals surface area contributed by atoms with Gasteiger partial charge >= 0.3 is 0 Å². The summed E-state index contributed by atoms with van der Waals surface area (Å²) >= 11 is 3.58. The topological polar surface area (TPSA) is 29.3 Å². The molecule has 2 heterocycles. The van der Waals surface area contributed by atoms with E-state index in [1.54, 1.807) is 11.3 Å². The van der Waals surface area contributed by atoms with E-state index in [0.717, 1.165) is 24.5 Å². The zero-order chi connectivity index (χ0) is 13.5. The molecule has 0 aliphatic carbocycles. The molecule has 100 valence electrons. The standard InChI is InChI=1S/C15H18N2S2/c1-2-17(11-14-6-4-10-18-14)12-15-8-7-13(19-15)5-3-9-16/h4,6-8,10H,2,9,11-12,16H2,1H3. The maximum Gasteiger partial charge on any atom is 0.0772 e. The molecule has 0 aromatic carbocycles. The Morgan fingerprint density at radius 3 is 2.74 bits per heavy atom. The van der Waals surface area contributed by atoms with Gasteiger partial charge in [0.1, 0.15) is 0 Å². The van der Waals surface area contributed by atoms with Gasteiger partial charge < -0.3 is 5.73 Å². The van der Waals surface area contributed by atoms with Crippen LogP contribution in [0.4, 0.5) is 0 Å². The summed E-state index contributed by atoms with van der Waals surface area (Å²) in [5, 5.41) is 2.13. The monoisotopic (exact) mass is 290 g/mol. The van der Waals surface area contributed by atoms with Crippen molar-refractivity contribution in [1.82, 2.24) is 4.90 Å². The van der Waals surface area contributed by atoms with Crippen LogP contribution in [-0.4, -0.2) is 18.0 Å². The molecule has 2 rings (SSSR count). The van der Waals surface area contributed by atoms with Gasteiger partial charge in [0.25, 0.3) is 0 Å². The van der Waals surface area contributed by atoms with Gasteiger partial charge in [-0.05, 0) is 30.1 Å². The van der Waals surface area contributed by atoms with Crippen LogP contribution in [0.2, 0.25) is 0 Å². The molecule has 0 amide bonds. The van der Waals surface area contributed by atoms with E-state index in [-0.39, 0.29) is 0 Å². The first-order chi connectivity index (χ1) is 9.31. The van der Waals surface area contributed by atoms with Gasteiger partial charge in [0.2, 0.25) is 0 Å². The van der Waals surface area contributed by atoms with E-state index in [4.69, 9.17) is 5.73 Å². The molecule has 2 N–H and O–H groups in total. The first-order valence-corrected chi connectivity index (χ1v) is 8.03. The van der Waals surface area contributed by atoms with Crippen molar-refractivity contribution in [3.05, 3.63) is 44.3 Å². The fourth-order valence-corrected chi connectivity index (χ4v) is 3.46. The Bertz CT molecular complexity index is 546. The summed E-state index contributed by atoms with van der Waals surface area (Å²) in [6, 6.07) is 8.56. The van der Waals surface area contributed by atoms with Crippen molar-refractivity contribution in [2.24, 2.45) is 5.73 Å². The van der Waals surface area contributed by atoms with Crippen molar-refractivity contribution >= 4 is 22.7 Å². The molecule has 2 nitrogen and oxygen atoms in total. The van der Waals surface area contributed by atoms with Gasteiger partial charge in [-0.15, -0.1) is 22.7 Å².